The Morgan fingerprint density at radius 1 is 1.70 bits per heavy atom. The van der Waals surface area contributed by atoms with Crippen molar-refractivity contribution in [2.24, 2.45) is 11.7 Å². The smallest absolute Gasteiger partial charge is 0.312 e. The van der Waals surface area contributed by atoms with E-state index in [-0.39, 0.29) is 6.54 Å². The molecule has 10 heavy (non-hydrogen) atoms. The minimum absolute atomic E-state index is 0.0116. The number of hydrogen-bond acceptors (Lipinski definition) is 3. The van der Waals surface area contributed by atoms with Crippen LogP contribution in [0.2, 0.25) is 0 Å². The number of carbonyl (C=O) groups is 2. The van der Waals surface area contributed by atoms with Gasteiger partial charge in [-0.2, -0.15) is 0 Å². The van der Waals surface area contributed by atoms with Gasteiger partial charge in [-0.15, -0.1) is 0 Å². The molecule has 5 heteroatoms. The predicted octanol–water partition coefficient (Wildman–Crippen LogP) is -1.96. The summed E-state index contributed by atoms with van der Waals surface area (Å²) in [5.41, 5.74) is 4.68. The third-order valence-electron chi connectivity index (χ3n) is 0.985. The molecule has 0 radical (unpaired) electrons. The highest BCUT2D eigenvalue weighted by Crippen LogP contribution is 1.87. The van der Waals surface area contributed by atoms with Crippen molar-refractivity contribution in [3.63, 3.8) is 0 Å². The molecule has 0 aliphatic carbocycles. The molecule has 0 rings (SSSR count). The van der Waals surface area contributed by atoms with Crippen LogP contribution in [0.25, 0.3) is 0 Å². The van der Waals surface area contributed by atoms with Gasteiger partial charge in [0.2, 0.25) is 0 Å². The molecule has 1 atom stereocenters. The van der Waals surface area contributed by atoms with Crippen LogP contribution in [0.4, 0.5) is 4.79 Å². The molecule has 0 aliphatic heterocycles. The van der Waals surface area contributed by atoms with Gasteiger partial charge in [0.05, 0.1) is 0 Å². The first kappa shape index (κ1) is 8.74. The van der Waals surface area contributed by atoms with E-state index in [9.17, 15) is 14.7 Å². The van der Waals surface area contributed by atoms with Gasteiger partial charge in [0, 0.05) is 18.4 Å². The highest BCUT2D eigenvalue weighted by atomic mass is 16.4. The molecule has 58 valence electrons. The summed E-state index contributed by atoms with van der Waals surface area (Å²) in [6.07, 6.45) is 0. The lowest BCUT2D eigenvalue weighted by molar-refractivity contribution is -0.310. The first-order chi connectivity index (χ1) is 4.54. The predicted molar refractivity (Wildman–Crippen MR) is 31.8 cm³/mol. The summed E-state index contributed by atoms with van der Waals surface area (Å²) in [4.78, 5) is 20.0. The number of nitrogens with two attached hydrogens (primary N) is 1. The van der Waals surface area contributed by atoms with Crippen LogP contribution in [0.3, 0.4) is 0 Å². The number of rotatable bonds is 3. The molecule has 2 amide bonds. The number of aliphatic carboxylic acids is 1. The van der Waals surface area contributed by atoms with Gasteiger partial charge in [-0.1, -0.05) is 6.92 Å². The fourth-order valence-electron chi connectivity index (χ4n) is 0.337. The van der Waals surface area contributed by atoms with Gasteiger partial charge in [-0.3, -0.25) is 0 Å². The minimum atomic E-state index is -1.20. The molecular formula is C5H9N2O3-. The average molecular weight is 145 g/mol. The van der Waals surface area contributed by atoms with E-state index < -0.39 is 17.9 Å². The summed E-state index contributed by atoms with van der Waals surface area (Å²) in [7, 11) is 0. The van der Waals surface area contributed by atoms with Crippen LogP contribution in [-0.4, -0.2) is 18.5 Å². The second-order valence-electron chi connectivity index (χ2n) is 1.97. The Kier molecular flexibility index (Phi) is 3.24. The lowest BCUT2D eigenvalue weighted by atomic mass is 10.2. The third kappa shape index (κ3) is 3.71. The molecule has 0 bridgehead atoms. The first-order valence-corrected chi connectivity index (χ1v) is 2.78. The Balaban J connectivity index is 3.49. The number of carboxylic acid groups (broad SMARTS) is 1. The summed E-state index contributed by atoms with van der Waals surface area (Å²) >= 11 is 0. The number of carbonyl (C=O) groups excluding carboxylic acids is 2. The number of carboxylic acids is 1. The number of urea groups is 1. The Labute approximate surface area is 58.2 Å². The molecule has 0 fully saturated rings. The molecule has 0 aliphatic rings. The Morgan fingerprint density at radius 2 is 2.20 bits per heavy atom. The standard InChI is InChI=1S/C5H10N2O3/c1-3(4(8)9)2-7-5(6)10/h3H,2H2,1H3,(H,8,9)(H3,6,7,10)/p-1/t3-/m1/s1. The highest BCUT2D eigenvalue weighted by molar-refractivity contribution is 5.73. The van der Waals surface area contributed by atoms with Crippen LogP contribution in [0.1, 0.15) is 6.92 Å². The van der Waals surface area contributed by atoms with E-state index in [1.54, 1.807) is 0 Å². The summed E-state index contributed by atoms with van der Waals surface area (Å²) in [5.74, 6) is -1.90. The van der Waals surface area contributed by atoms with Crippen molar-refractivity contribution < 1.29 is 14.7 Å². The fraction of sp³-hybridized carbons (Fsp3) is 0.600. The van der Waals surface area contributed by atoms with Gasteiger partial charge in [0.25, 0.3) is 0 Å². The maximum Gasteiger partial charge on any atom is 0.312 e. The molecule has 0 aromatic heterocycles. The van der Waals surface area contributed by atoms with Crippen LogP contribution in [-0.2, 0) is 4.79 Å². The minimum Gasteiger partial charge on any atom is -0.550 e. The maximum absolute atomic E-state index is 10.0. The van der Waals surface area contributed by atoms with E-state index in [4.69, 9.17) is 0 Å². The van der Waals surface area contributed by atoms with Crippen LogP contribution in [0.15, 0.2) is 0 Å². The number of primary amides is 1. The van der Waals surface area contributed by atoms with Gasteiger partial charge >= 0.3 is 6.03 Å². The highest BCUT2D eigenvalue weighted by Gasteiger charge is 2.02. The summed E-state index contributed by atoms with van der Waals surface area (Å²) in [6.45, 7) is 1.43. The second-order valence-corrected chi connectivity index (χ2v) is 1.97. The van der Waals surface area contributed by atoms with E-state index in [0.29, 0.717) is 0 Å². The summed E-state index contributed by atoms with van der Waals surface area (Å²) < 4.78 is 0. The molecule has 0 aromatic carbocycles. The molecular weight excluding hydrogens is 136 g/mol. The van der Waals surface area contributed by atoms with Crippen LogP contribution in [0, 0.1) is 5.92 Å². The Bertz CT molecular complexity index is 146. The second kappa shape index (κ2) is 3.71. The normalized spacial score (nSPS) is 12.1. The summed E-state index contributed by atoms with van der Waals surface area (Å²) in [5, 5.41) is 12.2. The lowest BCUT2D eigenvalue weighted by Gasteiger charge is -2.11. The van der Waals surface area contributed by atoms with E-state index in [0.717, 1.165) is 0 Å². The van der Waals surface area contributed by atoms with E-state index in [2.05, 4.69) is 11.1 Å². The average Bonchev–Trinajstić information content (AvgIpc) is 1.82. The van der Waals surface area contributed by atoms with Gasteiger partial charge < -0.3 is 21.0 Å². The molecule has 3 N–H and O–H groups in total. The Hall–Kier alpha value is -1.26. The van der Waals surface area contributed by atoms with Crippen molar-refractivity contribution in [1.29, 1.82) is 0 Å². The van der Waals surface area contributed by atoms with Crippen molar-refractivity contribution in [1.82, 2.24) is 5.32 Å². The van der Waals surface area contributed by atoms with Gasteiger partial charge in [-0.05, 0) is 0 Å². The molecule has 5 nitrogen and oxygen atoms in total. The molecule has 0 heterocycles. The SMILES string of the molecule is C[C@H](CNC(N)=O)C(=O)[O-]. The number of nitrogens with one attached hydrogen (secondary N) is 1. The molecule has 0 saturated carbocycles. The van der Waals surface area contributed by atoms with Crippen molar-refractivity contribution in [2.75, 3.05) is 6.54 Å². The number of amides is 2. The van der Waals surface area contributed by atoms with Crippen molar-refractivity contribution in [3.05, 3.63) is 0 Å². The van der Waals surface area contributed by atoms with Crippen LogP contribution in [0.5, 0.6) is 0 Å². The van der Waals surface area contributed by atoms with E-state index in [1.807, 2.05) is 0 Å². The first-order valence-electron chi connectivity index (χ1n) is 2.78. The molecule has 0 aromatic rings. The molecule has 0 saturated heterocycles. The van der Waals surface area contributed by atoms with Gasteiger partial charge in [0.1, 0.15) is 0 Å². The zero-order valence-electron chi connectivity index (χ0n) is 5.59. The fourth-order valence-corrected chi connectivity index (χ4v) is 0.337. The largest absolute Gasteiger partial charge is 0.550 e. The lowest BCUT2D eigenvalue weighted by Crippen LogP contribution is -2.40. The maximum atomic E-state index is 10.0. The van der Waals surface area contributed by atoms with Crippen LogP contribution < -0.4 is 16.2 Å². The third-order valence-corrected chi connectivity index (χ3v) is 0.985. The topological polar surface area (TPSA) is 95.2 Å². The van der Waals surface area contributed by atoms with E-state index >= 15 is 0 Å². The molecule has 0 spiro atoms. The monoisotopic (exact) mass is 145 g/mol. The summed E-state index contributed by atoms with van der Waals surface area (Å²) in [6, 6.07) is -0.729. The van der Waals surface area contributed by atoms with Gasteiger partial charge in [-0.25, -0.2) is 4.79 Å². The van der Waals surface area contributed by atoms with Crippen molar-refractivity contribution in [3.8, 4) is 0 Å². The van der Waals surface area contributed by atoms with E-state index in [1.165, 1.54) is 6.92 Å². The Morgan fingerprint density at radius 3 is 2.50 bits per heavy atom. The van der Waals surface area contributed by atoms with Gasteiger partial charge in [0.15, 0.2) is 0 Å². The zero-order chi connectivity index (χ0) is 8.15. The quantitative estimate of drug-likeness (QED) is 0.482. The van der Waals surface area contributed by atoms with Crippen LogP contribution >= 0.6 is 0 Å². The number of hydrogen-bond donors (Lipinski definition) is 2. The van der Waals surface area contributed by atoms with Crippen molar-refractivity contribution >= 4 is 12.0 Å². The van der Waals surface area contributed by atoms with Crippen molar-refractivity contribution in [2.45, 2.75) is 6.92 Å². The molecule has 0 unspecified atom stereocenters. The zero-order valence-corrected chi connectivity index (χ0v) is 5.59.